The first-order valence-electron chi connectivity index (χ1n) is 6.01. The van der Waals surface area contributed by atoms with Gasteiger partial charge in [0.15, 0.2) is 0 Å². The van der Waals surface area contributed by atoms with E-state index in [4.69, 9.17) is 10.5 Å². The molecule has 8 nitrogen and oxygen atoms in total. The van der Waals surface area contributed by atoms with Crippen LogP contribution < -0.4 is 15.2 Å². The van der Waals surface area contributed by atoms with Gasteiger partial charge in [-0.25, -0.2) is 8.42 Å². The summed E-state index contributed by atoms with van der Waals surface area (Å²) in [4.78, 5) is 10.7. The number of nitrogens with two attached hydrogens (primary N) is 1. The van der Waals surface area contributed by atoms with Crippen molar-refractivity contribution in [3.63, 3.8) is 0 Å². The normalized spacial score (nSPS) is 11.0. The number of H-pyrrole nitrogens is 1. The summed E-state index contributed by atoms with van der Waals surface area (Å²) in [7, 11) is -3.75. The predicted octanol–water partition coefficient (Wildman–Crippen LogP) is 0.465. The quantitative estimate of drug-likeness (QED) is 0.685. The molecule has 2 rings (SSSR count). The molecule has 0 aliphatic carbocycles. The molecule has 0 aliphatic rings. The fourth-order valence-corrected chi connectivity index (χ4v) is 2.50. The summed E-state index contributed by atoms with van der Waals surface area (Å²) in [6.45, 7) is 0.0692. The Labute approximate surface area is 121 Å². The van der Waals surface area contributed by atoms with E-state index >= 15 is 0 Å². The Kier molecular flexibility index (Phi) is 4.43. The van der Waals surface area contributed by atoms with Gasteiger partial charge in [-0.3, -0.25) is 14.6 Å². The highest BCUT2D eigenvalue weighted by Gasteiger charge is 2.17. The Bertz CT molecular complexity index is 713. The van der Waals surface area contributed by atoms with Gasteiger partial charge in [0.25, 0.3) is 10.0 Å². The third-order valence-corrected chi connectivity index (χ3v) is 3.85. The fraction of sp³-hybridized carbons (Fsp3) is 0.167. The maximum absolute atomic E-state index is 12.1. The van der Waals surface area contributed by atoms with Gasteiger partial charge < -0.3 is 10.5 Å². The third kappa shape index (κ3) is 3.96. The summed E-state index contributed by atoms with van der Waals surface area (Å²) in [5.41, 5.74) is 5.29. The van der Waals surface area contributed by atoms with Crippen molar-refractivity contribution in [1.29, 1.82) is 0 Å². The van der Waals surface area contributed by atoms with Crippen molar-refractivity contribution in [2.45, 2.75) is 11.3 Å². The molecule has 0 spiro atoms. The van der Waals surface area contributed by atoms with Crippen LogP contribution in [-0.2, 0) is 14.8 Å². The lowest BCUT2D eigenvalue weighted by Gasteiger charge is -2.12. The second-order valence-corrected chi connectivity index (χ2v) is 5.78. The molecule has 9 heteroatoms. The number of amides is 1. The van der Waals surface area contributed by atoms with Crippen molar-refractivity contribution in [2.75, 3.05) is 11.3 Å². The summed E-state index contributed by atoms with van der Waals surface area (Å²) in [6.07, 6.45) is 2.50. The molecule has 21 heavy (non-hydrogen) atoms. The van der Waals surface area contributed by atoms with Gasteiger partial charge in [0.1, 0.15) is 10.6 Å². The van der Waals surface area contributed by atoms with E-state index in [2.05, 4.69) is 14.9 Å². The molecule has 1 heterocycles. The molecule has 1 amide bonds. The maximum atomic E-state index is 12.1. The van der Waals surface area contributed by atoms with Crippen molar-refractivity contribution in [1.82, 2.24) is 10.2 Å². The SMILES string of the molecule is NC(=O)CCOc1ccccc1NS(=O)(=O)c1cn[nH]c1. The van der Waals surface area contributed by atoms with Gasteiger partial charge in [0, 0.05) is 6.20 Å². The number of hydrogen-bond donors (Lipinski definition) is 3. The van der Waals surface area contributed by atoms with Crippen molar-refractivity contribution in [2.24, 2.45) is 5.73 Å². The van der Waals surface area contributed by atoms with Crippen LogP contribution in [0.5, 0.6) is 5.75 Å². The average molecular weight is 310 g/mol. The monoisotopic (exact) mass is 310 g/mol. The molecule has 112 valence electrons. The molecule has 0 unspecified atom stereocenters. The van der Waals surface area contributed by atoms with Crippen LogP contribution >= 0.6 is 0 Å². The van der Waals surface area contributed by atoms with Gasteiger partial charge in [-0.1, -0.05) is 12.1 Å². The first-order chi connectivity index (χ1) is 9.99. The highest BCUT2D eigenvalue weighted by Crippen LogP contribution is 2.26. The smallest absolute Gasteiger partial charge is 0.265 e. The molecule has 1 aromatic carbocycles. The molecule has 0 saturated carbocycles. The Hall–Kier alpha value is -2.55. The van der Waals surface area contributed by atoms with Crippen LogP contribution in [0.4, 0.5) is 5.69 Å². The third-order valence-electron chi connectivity index (χ3n) is 2.52. The number of primary amides is 1. The van der Waals surface area contributed by atoms with Crippen LogP contribution in [-0.4, -0.2) is 31.1 Å². The van der Waals surface area contributed by atoms with Crippen LogP contribution in [0.1, 0.15) is 6.42 Å². The minimum absolute atomic E-state index is 0.00874. The summed E-state index contributed by atoms with van der Waals surface area (Å²) < 4.78 is 32.0. The van der Waals surface area contributed by atoms with Crippen LogP contribution in [0, 0.1) is 0 Å². The van der Waals surface area contributed by atoms with E-state index in [1.807, 2.05) is 0 Å². The van der Waals surface area contributed by atoms with E-state index in [-0.39, 0.29) is 23.6 Å². The lowest BCUT2D eigenvalue weighted by molar-refractivity contribution is -0.118. The van der Waals surface area contributed by atoms with Crippen molar-refractivity contribution < 1.29 is 17.9 Å². The first-order valence-corrected chi connectivity index (χ1v) is 7.49. The fourth-order valence-electron chi connectivity index (χ4n) is 1.53. The molecule has 0 saturated heterocycles. The highest BCUT2D eigenvalue weighted by molar-refractivity contribution is 7.92. The van der Waals surface area contributed by atoms with Crippen LogP contribution in [0.3, 0.4) is 0 Å². The summed E-state index contributed by atoms with van der Waals surface area (Å²) in [5, 5.41) is 6.03. The van der Waals surface area contributed by atoms with E-state index in [0.29, 0.717) is 5.75 Å². The van der Waals surface area contributed by atoms with Crippen molar-refractivity contribution in [3.8, 4) is 5.75 Å². The molecule has 1 aromatic heterocycles. The van der Waals surface area contributed by atoms with E-state index in [1.165, 1.54) is 12.4 Å². The number of hydrogen-bond acceptors (Lipinski definition) is 5. The zero-order valence-corrected chi connectivity index (χ0v) is 11.8. The number of nitrogens with zero attached hydrogens (tertiary/aromatic N) is 1. The number of anilines is 1. The molecule has 4 N–H and O–H groups in total. The standard InChI is InChI=1S/C12H14N4O4S/c13-12(17)5-6-20-11-4-2-1-3-10(11)16-21(18,19)9-7-14-15-8-9/h1-4,7-8,16H,5-6H2,(H2,13,17)(H,14,15). The Morgan fingerprint density at radius 1 is 1.38 bits per heavy atom. The molecule has 0 fully saturated rings. The lowest BCUT2D eigenvalue weighted by Crippen LogP contribution is -2.16. The summed E-state index contributed by atoms with van der Waals surface area (Å²) in [6, 6.07) is 6.49. The van der Waals surface area contributed by atoms with Gasteiger partial charge in [-0.05, 0) is 12.1 Å². The van der Waals surface area contributed by atoms with Crippen LogP contribution in [0.15, 0.2) is 41.6 Å². The zero-order valence-electron chi connectivity index (χ0n) is 10.9. The van der Waals surface area contributed by atoms with Gasteiger partial charge in [-0.15, -0.1) is 0 Å². The lowest BCUT2D eigenvalue weighted by atomic mass is 10.3. The second kappa shape index (κ2) is 6.27. The molecule has 0 atom stereocenters. The summed E-state index contributed by atoms with van der Waals surface area (Å²) in [5.74, 6) is -0.183. The number of aromatic amines is 1. The molecule has 0 radical (unpaired) electrons. The van der Waals surface area contributed by atoms with Gasteiger partial charge in [-0.2, -0.15) is 5.10 Å². The van der Waals surface area contributed by atoms with Crippen molar-refractivity contribution >= 4 is 21.6 Å². The topological polar surface area (TPSA) is 127 Å². The number of aromatic nitrogens is 2. The molecule has 0 bridgehead atoms. The molecule has 2 aromatic rings. The van der Waals surface area contributed by atoms with E-state index in [9.17, 15) is 13.2 Å². The number of rotatable bonds is 7. The van der Waals surface area contributed by atoms with Gasteiger partial charge in [0.2, 0.25) is 5.91 Å². The Balaban J connectivity index is 2.15. The summed E-state index contributed by atoms with van der Waals surface area (Å²) >= 11 is 0. The number of ether oxygens (including phenoxy) is 1. The van der Waals surface area contributed by atoms with E-state index in [0.717, 1.165) is 0 Å². The van der Waals surface area contributed by atoms with Crippen LogP contribution in [0.25, 0.3) is 0 Å². The van der Waals surface area contributed by atoms with E-state index < -0.39 is 15.9 Å². The number of sulfonamides is 1. The number of carbonyl (C=O) groups excluding carboxylic acids is 1. The Morgan fingerprint density at radius 2 is 2.14 bits per heavy atom. The molecule has 0 aliphatic heterocycles. The first kappa shape index (κ1) is 14.9. The Morgan fingerprint density at radius 3 is 2.81 bits per heavy atom. The van der Waals surface area contributed by atoms with Gasteiger partial charge in [0.05, 0.1) is 24.9 Å². The van der Waals surface area contributed by atoms with Gasteiger partial charge >= 0.3 is 0 Å². The van der Waals surface area contributed by atoms with Crippen molar-refractivity contribution in [3.05, 3.63) is 36.7 Å². The number of benzene rings is 1. The minimum Gasteiger partial charge on any atom is -0.491 e. The highest BCUT2D eigenvalue weighted by atomic mass is 32.2. The zero-order chi connectivity index (χ0) is 15.3. The largest absolute Gasteiger partial charge is 0.491 e. The molecular formula is C12H14N4O4S. The number of carbonyl (C=O) groups is 1. The van der Waals surface area contributed by atoms with Crippen LogP contribution in [0.2, 0.25) is 0 Å². The number of nitrogens with one attached hydrogen (secondary N) is 2. The number of para-hydroxylation sites is 2. The second-order valence-electron chi connectivity index (χ2n) is 4.10. The predicted molar refractivity (Wildman–Crippen MR) is 75.1 cm³/mol. The maximum Gasteiger partial charge on any atom is 0.265 e. The average Bonchev–Trinajstić information content (AvgIpc) is 2.95. The van der Waals surface area contributed by atoms with E-state index in [1.54, 1.807) is 24.3 Å². The molecular weight excluding hydrogens is 296 g/mol. The minimum atomic E-state index is -3.75.